The molecule has 1 rings (SSSR count). The second kappa shape index (κ2) is 6.98. The van der Waals surface area contributed by atoms with E-state index in [0.29, 0.717) is 23.7 Å². The Morgan fingerprint density at radius 1 is 1.17 bits per heavy atom. The number of Topliss-reactive ketones (excluding diaryl/α,β-unsaturated/α-hetero) is 1. The van der Waals surface area contributed by atoms with Gasteiger partial charge in [0.25, 0.3) is 0 Å². The van der Waals surface area contributed by atoms with Crippen LogP contribution in [0.15, 0.2) is 12.1 Å². The minimum Gasteiger partial charge on any atom is -0.492 e. The Hall–Kier alpha value is -1.59. The fourth-order valence-electron chi connectivity index (χ4n) is 1.77. The molecular formula is C13H19NO4. The quantitative estimate of drug-likeness (QED) is 0.741. The van der Waals surface area contributed by atoms with Crippen LogP contribution in [0.4, 0.5) is 0 Å². The van der Waals surface area contributed by atoms with Crippen molar-refractivity contribution in [1.82, 2.24) is 5.32 Å². The Balaban J connectivity index is 3.25. The number of likely N-dealkylation sites (N-methyl/N-ethyl adjacent to an activating group) is 1. The van der Waals surface area contributed by atoms with E-state index in [1.807, 2.05) is 6.07 Å². The van der Waals surface area contributed by atoms with Crippen molar-refractivity contribution in [2.45, 2.75) is 6.61 Å². The number of hydrogen-bond donors (Lipinski definition) is 1. The van der Waals surface area contributed by atoms with Crippen molar-refractivity contribution in [3.8, 4) is 11.5 Å². The topological polar surface area (TPSA) is 56.8 Å². The van der Waals surface area contributed by atoms with Crippen molar-refractivity contribution in [2.24, 2.45) is 0 Å². The Morgan fingerprint density at radius 2 is 1.83 bits per heavy atom. The number of ketones is 1. The molecule has 0 aromatic heterocycles. The molecule has 0 fully saturated rings. The Morgan fingerprint density at radius 3 is 2.33 bits per heavy atom. The van der Waals surface area contributed by atoms with Gasteiger partial charge in [0.05, 0.1) is 32.9 Å². The van der Waals surface area contributed by atoms with E-state index in [1.54, 1.807) is 27.3 Å². The Labute approximate surface area is 107 Å². The molecular weight excluding hydrogens is 234 g/mol. The molecule has 0 saturated heterocycles. The maximum atomic E-state index is 11.9. The van der Waals surface area contributed by atoms with E-state index >= 15 is 0 Å². The largest absolute Gasteiger partial charge is 0.492 e. The molecule has 0 aliphatic heterocycles. The van der Waals surface area contributed by atoms with Gasteiger partial charge in [-0.1, -0.05) is 6.07 Å². The SMILES string of the molecule is CNCC(=O)c1ccc(COC)c(OC)c1OC. The van der Waals surface area contributed by atoms with E-state index in [2.05, 4.69) is 5.32 Å². The van der Waals surface area contributed by atoms with Crippen LogP contribution >= 0.6 is 0 Å². The molecule has 5 heteroatoms. The smallest absolute Gasteiger partial charge is 0.180 e. The zero-order chi connectivity index (χ0) is 13.5. The first kappa shape index (κ1) is 14.5. The van der Waals surface area contributed by atoms with Gasteiger partial charge in [0.1, 0.15) is 0 Å². The molecule has 0 heterocycles. The first-order chi connectivity index (χ1) is 8.69. The fraction of sp³-hybridized carbons (Fsp3) is 0.462. The van der Waals surface area contributed by atoms with Gasteiger partial charge in [0, 0.05) is 12.7 Å². The molecule has 1 N–H and O–H groups in total. The van der Waals surface area contributed by atoms with Crippen LogP contribution in [0.5, 0.6) is 11.5 Å². The third kappa shape index (κ3) is 3.00. The maximum Gasteiger partial charge on any atom is 0.180 e. The fourth-order valence-corrected chi connectivity index (χ4v) is 1.77. The van der Waals surface area contributed by atoms with Crippen molar-refractivity contribution < 1.29 is 19.0 Å². The number of benzene rings is 1. The van der Waals surface area contributed by atoms with Gasteiger partial charge in [0.15, 0.2) is 17.3 Å². The molecule has 0 aliphatic carbocycles. The van der Waals surface area contributed by atoms with Crippen LogP contribution in [-0.2, 0) is 11.3 Å². The molecule has 0 unspecified atom stereocenters. The summed E-state index contributed by atoms with van der Waals surface area (Å²) in [5.41, 5.74) is 1.35. The van der Waals surface area contributed by atoms with Crippen molar-refractivity contribution in [1.29, 1.82) is 0 Å². The highest BCUT2D eigenvalue weighted by Gasteiger charge is 2.19. The summed E-state index contributed by atoms with van der Waals surface area (Å²) in [6, 6.07) is 3.54. The summed E-state index contributed by atoms with van der Waals surface area (Å²) in [6.45, 7) is 0.656. The van der Waals surface area contributed by atoms with Crippen molar-refractivity contribution in [3.05, 3.63) is 23.3 Å². The van der Waals surface area contributed by atoms with Crippen LogP contribution < -0.4 is 14.8 Å². The van der Waals surface area contributed by atoms with E-state index in [0.717, 1.165) is 5.56 Å². The van der Waals surface area contributed by atoms with Crippen molar-refractivity contribution in [2.75, 3.05) is 34.9 Å². The van der Waals surface area contributed by atoms with Gasteiger partial charge in [-0.2, -0.15) is 0 Å². The number of hydrogen-bond acceptors (Lipinski definition) is 5. The van der Waals surface area contributed by atoms with E-state index < -0.39 is 0 Å². The summed E-state index contributed by atoms with van der Waals surface area (Å²) in [5, 5.41) is 2.82. The number of nitrogens with one attached hydrogen (secondary N) is 1. The first-order valence-corrected chi connectivity index (χ1v) is 5.60. The van der Waals surface area contributed by atoms with Gasteiger partial charge < -0.3 is 19.5 Å². The Kier molecular flexibility index (Phi) is 5.61. The summed E-state index contributed by atoms with van der Waals surface area (Å²) in [4.78, 5) is 11.9. The van der Waals surface area contributed by atoms with Gasteiger partial charge in [0.2, 0.25) is 0 Å². The predicted molar refractivity (Wildman–Crippen MR) is 68.5 cm³/mol. The monoisotopic (exact) mass is 253 g/mol. The van der Waals surface area contributed by atoms with Crippen molar-refractivity contribution in [3.63, 3.8) is 0 Å². The molecule has 0 aliphatic rings. The van der Waals surface area contributed by atoms with E-state index in [4.69, 9.17) is 14.2 Å². The third-order valence-corrected chi connectivity index (χ3v) is 2.54. The normalized spacial score (nSPS) is 10.2. The predicted octanol–water partition coefficient (Wildman–Crippen LogP) is 1.25. The molecule has 1 aromatic carbocycles. The maximum absolute atomic E-state index is 11.9. The molecule has 5 nitrogen and oxygen atoms in total. The summed E-state index contributed by atoms with van der Waals surface area (Å²) in [5.74, 6) is 0.949. The second-order valence-electron chi connectivity index (χ2n) is 3.73. The van der Waals surface area contributed by atoms with Crippen LogP contribution in [0.25, 0.3) is 0 Å². The Bertz CT molecular complexity index is 418. The number of rotatable bonds is 7. The third-order valence-electron chi connectivity index (χ3n) is 2.54. The lowest BCUT2D eigenvalue weighted by Gasteiger charge is -2.15. The van der Waals surface area contributed by atoms with Gasteiger partial charge in [-0.15, -0.1) is 0 Å². The average Bonchev–Trinajstić information content (AvgIpc) is 2.38. The average molecular weight is 253 g/mol. The number of methoxy groups -OCH3 is 3. The van der Waals surface area contributed by atoms with E-state index in [1.165, 1.54) is 7.11 Å². The molecule has 0 spiro atoms. The summed E-state index contributed by atoms with van der Waals surface area (Å²) in [7, 11) is 6.39. The van der Waals surface area contributed by atoms with Gasteiger partial charge in [-0.3, -0.25) is 4.79 Å². The van der Waals surface area contributed by atoms with Crippen LogP contribution in [0, 0.1) is 0 Å². The molecule has 0 amide bonds. The molecule has 100 valence electrons. The zero-order valence-corrected chi connectivity index (χ0v) is 11.2. The van der Waals surface area contributed by atoms with Gasteiger partial charge >= 0.3 is 0 Å². The summed E-state index contributed by atoms with van der Waals surface area (Å²) in [6.07, 6.45) is 0. The summed E-state index contributed by atoms with van der Waals surface area (Å²) < 4.78 is 15.7. The van der Waals surface area contributed by atoms with Crippen LogP contribution in [-0.4, -0.2) is 40.7 Å². The van der Waals surface area contributed by atoms with Crippen molar-refractivity contribution >= 4 is 5.78 Å². The lowest BCUT2D eigenvalue weighted by molar-refractivity contribution is 0.0989. The zero-order valence-electron chi connectivity index (χ0n) is 11.2. The number of carbonyl (C=O) groups excluding carboxylic acids is 1. The molecule has 0 bridgehead atoms. The highest BCUT2D eigenvalue weighted by Crippen LogP contribution is 2.35. The van der Waals surface area contributed by atoms with Crippen LogP contribution in [0.3, 0.4) is 0 Å². The van der Waals surface area contributed by atoms with Gasteiger partial charge in [-0.05, 0) is 13.1 Å². The minimum atomic E-state index is -0.0448. The lowest BCUT2D eigenvalue weighted by atomic mass is 10.1. The highest BCUT2D eigenvalue weighted by molar-refractivity contribution is 6.01. The van der Waals surface area contributed by atoms with E-state index in [-0.39, 0.29) is 12.3 Å². The molecule has 0 saturated carbocycles. The van der Waals surface area contributed by atoms with Crippen LogP contribution in [0.2, 0.25) is 0 Å². The summed E-state index contributed by atoms with van der Waals surface area (Å²) >= 11 is 0. The second-order valence-corrected chi connectivity index (χ2v) is 3.73. The molecule has 0 radical (unpaired) electrons. The number of ether oxygens (including phenoxy) is 3. The van der Waals surface area contributed by atoms with Crippen LogP contribution in [0.1, 0.15) is 15.9 Å². The van der Waals surface area contributed by atoms with Gasteiger partial charge in [-0.25, -0.2) is 0 Å². The molecule has 1 aromatic rings. The first-order valence-electron chi connectivity index (χ1n) is 5.60. The molecule has 18 heavy (non-hydrogen) atoms. The standard InChI is InChI=1S/C13H19NO4/c1-14-7-11(15)10-6-5-9(8-16-2)12(17-3)13(10)18-4/h5-6,14H,7-8H2,1-4H3. The number of carbonyl (C=O) groups is 1. The highest BCUT2D eigenvalue weighted by atomic mass is 16.5. The van der Waals surface area contributed by atoms with E-state index in [9.17, 15) is 4.79 Å². The molecule has 0 atom stereocenters. The lowest BCUT2D eigenvalue weighted by Crippen LogP contribution is -2.19. The minimum absolute atomic E-state index is 0.0448.